The molecule has 0 spiro atoms. The molecule has 0 saturated heterocycles. The second kappa shape index (κ2) is 5.37. The number of aromatic nitrogens is 2. The number of H-pyrrole nitrogens is 1. The summed E-state index contributed by atoms with van der Waals surface area (Å²) in [4.78, 5) is 21.5. The molecule has 2 aromatic rings. The van der Waals surface area contributed by atoms with E-state index in [1.54, 1.807) is 13.8 Å². The molecule has 1 aromatic heterocycles. The minimum atomic E-state index is -1.10. The molecule has 0 unspecified atom stereocenters. The van der Waals surface area contributed by atoms with Crippen LogP contribution in [-0.4, -0.2) is 25.8 Å². The zero-order valence-electron chi connectivity index (χ0n) is 12.8. The van der Waals surface area contributed by atoms with E-state index in [0.29, 0.717) is 5.75 Å². The van der Waals surface area contributed by atoms with Crippen LogP contribution in [0.3, 0.4) is 0 Å². The molecule has 0 fully saturated rings. The van der Waals surface area contributed by atoms with E-state index in [0.717, 1.165) is 0 Å². The Morgan fingerprint density at radius 1 is 1.33 bits per heavy atom. The summed E-state index contributed by atoms with van der Waals surface area (Å²) in [7, 11) is 0. The molecule has 0 radical (unpaired) electrons. The highest BCUT2D eigenvalue weighted by Crippen LogP contribution is 2.41. The van der Waals surface area contributed by atoms with Crippen molar-refractivity contribution in [2.75, 3.05) is 0 Å². The summed E-state index contributed by atoms with van der Waals surface area (Å²) in [6.45, 7) is 3.24. The molecule has 9 heteroatoms. The third-order valence-electron chi connectivity index (χ3n) is 3.43. The van der Waals surface area contributed by atoms with Crippen LogP contribution >= 0.6 is 0 Å². The van der Waals surface area contributed by atoms with Crippen molar-refractivity contribution < 1.29 is 19.5 Å². The van der Waals surface area contributed by atoms with Gasteiger partial charge in [-0.05, 0) is 19.9 Å². The van der Waals surface area contributed by atoms with Crippen LogP contribution in [0.5, 0.6) is 11.6 Å². The van der Waals surface area contributed by atoms with Crippen molar-refractivity contribution in [2.24, 2.45) is 0 Å². The lowest BCUT2D eigenvalue weighted by molar-refractivity contribution is -0.384. The third-order valence-corrected chi connectivity index (χ3v) is 3.43. The number of nitrogens with one attached hydrogen (secondary N) is 1. The second-order valence-corrected chi connectivity index (χ2v) is 5.59. The maximum absolute atomic E-state index is 11.1. The second-order valence-electron chi connectivity index (χ2n) is 5.59. The van der Waals surface area contributed by atoms with Crippen molar-refractivity contribution in [3.8, 4) is 11.6 Å². The number of non-ortho nitro benzene ring substituents is 1. The predicted molar refractivity (Wildman–Crippen MR) is 82.8 cm³/mol. The molecular formula is C15H13N3O6. The molecule has 2 N–H and O–H groups in total. The molecule has 1 aliphatic heterocycles. The fourth-order valence-electron chi connectivity index (χ4n) is 2.22. The van der Waals surface area contributed by atoms with Gasteiger partial charge in [-0.25, -0.2) is 5.10 Å². The molecule has 2 heterocycles. The largest absolute Gasteiger partial charge is 0.505 e. The van der Waals surface area contributed by atoms with Gasteiger partial charge in [-0.1, -0.05) is 0 Å². The zero-order valence-corrected chi connectivity index (χ0v) is 12.8. The normalized spacial score (nSPS) is 15.4. The van der Waals surface area contributed by atoms with Gasteiger partial charge in [0.25, 0.3) is 11.2 Å². The highest BCUT2D eigenvalue weighted by molar-refractivity contribution is 5.73. The maximum atomic E-state index is 11.1. The summed E-state index contributed by atoms with van der Waals surface area (Å²) < 4.78 is 11.2. The van der Waals surface area contributed by atoms with E-state index in [2.05, 4.69) is 10.2 Å². The number of nitrogens with zero attached hydrogens (tertiary/aromatic N) is 2. The molecule has 0 aliphatic carbocycles. The SMILES string of the molecule is CC1(C)Oc2ccc([N+](=O)[O-])cc2C(Oc2ccc(=O)[nH]n2)=C1O. The average molecular weight is 331 g/mol. The molecular weight excluding hydrogens is 318 g/mol. The fraction of sp³-hybridized carbons (Fsp3) is 0.200. The first-order chi connectivity index (χ1) is 11.3. The van der Waals surface area contributed by atoms with Crippen LogP contribution in [0, 0.1) is 10.1 Å². The number of nitro groups is 1. The minimum Gasteiger partial charge on any atom is -0.505 e. The summed E-state index contributed by atoms with van der Waals surface area (Å²) in [5.41, 5.74) is -1.47. The molecule has 1 aromatic carbocycles. The van der Waals surface area contributed by atoms with Gasteiger partial charge < -0.3 is 14.6 Å². The number of rotatable bonds is 3. The lowest BCUT2D eigenvalue weighted by atomic mass is 9.98. The van der Waals surface area contributed by atoms with Gasteiger partial charge in [0.1, 0.15) is 5.75 Å². The van der Waals surface area contributed by atoms with Crippen LogP contribution in [0.4, 0.5) is 5.69 Å². The van der Waals surface area contributed by atoms with Crippen LogP contribution < -0.4 is 15.0 Å². The Balaban J connectivity index is 2.13. The zero-order chi connectivity index (χ0) is 17.5. The number of hydrogen-bond acceptors (Lipinski definition) is 7. The van der Waals surface area contributed by atoms with Crippen molar-refractivity contribution in [2.45, 2.75) is 19.4 Å². The molecule has 9 nitrogen and oxygen atoms in total. The first-order valence-electron chi connectivity index (χ1n) is 6.93. The number of ether oxygens (including phenoxy) is 2. The topological polar surface area (TPSA) is 128 Å². The molecule has 0 bridgehead atoms. The number of hydrogen-bond donors (Lipinski definition) is 2. The highest BCUT2D eigenvalue weighted by atomic mass is 16.6. The van der Waals surface area contributed by atoms with E-state index < -0.39 is 16.1 Å². The number of aromatic amines is 1. The van der Waals surface area contributed by atoms with Crippen LogP contribution in [0.1, 0.15) is 19.4 Å². The van der Waals surface area contributed by atoms with Gasteiger partial charge in [-0.15, -0.1) is 5.10 Å². The number of benzene rings is 1. The van der Waals surface area contributed by atoms with Crippen molar-refractivity contribution in [1.29, 1.82) is 0 Å². The van der Waals surface area contributed by atoms with Crippen molar-refractivity contribution in [1.82, 2.24) is 10.2 Å². The molecule has 0 amide bonds. The Kier molecular flexibility index (Phi) is 3.48. The summed E-state index contributed by atoms with van der Waals surface area (Å²) >= 11 is 0. The van der Waals surface area contributed by atoms with Crippen LogP contribution in [0.2, 0.25) is 0 Å². The van der Waals surface area contributed by atoms with Crippen LogP contribution in [0.25, 0.3) is 5.76 Å². The van der Waals surface area contributed by atoms with E-state index >= 15 is 0 Å². The Morgan fingerprint density at radius 2 is 2.08 bits per heavy atom. The maximum Gasteiger partial charge on any atom is 0.270 e. The summed E-state index contributed by atoms with van der Waals surface area (Å²) in [5, 5.41) is 27.4. The summed E-state index contributed by atoms with van der Waals surface area (Å²) in [6.07, 6.45) is 0. The first-order valence-corrected chi connectivity index (χ1v) is 6.93. The van der Waals surface area contributed by atoms with Crippen molar-refractivity contribution >= 4 is 11.4 Å². The minimum absolute atomic E-state index is 0.0197. The smallest absolute Gasteiger partial charge is 0.270 e. The van der Waals surface area contributed by atoms with Crippen molar-refractivity contribution in [3.63, 3.8) is 0 Å². The van der Waals surface area contributed by atoms with Gasteiger partial charge in [-0.3, -0.25) is 14.9 Å². The van der Waals surface area contributed by atoms with Crippen LogP contribution in [-0.2, 0) is 0 Å². The highest BCUT2D eigenvalue weighted by Gasteiger charge is 2.37. The van der Waals surface area contributed by atoms with E-state index in [1.165, 1.54) is 30.3 Å². The summed E-state index contributed by atoms with van der Waals surface area (Å²) in [6, 6.07) is 6.50. The summed E-state index contributed by atoms with van der Waals surface area (Å²) in [5.74, 6) is 0.0714. The van der Waals surface area contributed by atoms with Gasteiger partial charge in [0, 0.05) is 24.3 Å². The molecule has 0 saturated carbocycles. The number of aliphatic hydroxyl groups is 1. The van der Waals surface area contributed by atoms with Gasteiger partial charge in [0.05, 0.1) is 10.5 Å². The van der Waals surface area contributed by atoms with Gasteiger partial charge >= 0.3 is 0 Å². The van der Waals surface area contributed by atoms with E-state index in [1.807, 2.05) is 0 Å². The molecule has 0 atom stereocenters. The van der Waals surface area contributed by atoms with Crippen LogP contribution in [0.15, 0.2) is 40.9 Å². The van der Waals surface area contributed by atoms with E-state index in [4.69, 9.17) is 9.47 Å². The number of aliphatic hydroxyl groups excluding tert-OH is 1. The Bertz CT molecular complexity index is 895. The van der Waals surface area contributed by atoms with Gasteiger partial charge in [0.15, 0.2) is 17.1 Å². The number of fused-ring (bicyclic) bond motifs is 1. The third kappa shape index (κ3) is 2.67. The fourth-order valence-corrected chi connectivity index (χ4v) is 2.22. The quantitative estimate of drug-likeness (QED) is 0.651. The molecule has 3 rings (SSSR count). The van der Waals surface area contributed by atoms with E-state index in [9.17, 15) is 20.0 Å². The van der Waals surface area contributed by atoms with E-state index in [-0.39, 0.29) is 28.6 Å². The van der Waals surface area contributed by atoms with Gasteiger partial charge in [-0.2, -0.15) is 0 Å². The predicted octanol–water partition coefficient (Wildman–Crippen LogP) is 2.15. The number of nitro benzene ring substituents is 1. The monoisotopic (exact) mass is 331 g/mol. The standard InChI is InChI=1S/C15H13N3O6/c1-15(2)14(20)13(23-12-6-5-11(19)16-17-12)9-7-8(18(21)22)3-4-10(9)24-15/h3-7,20H,1-2H3,(H,16,19). The molecule has 24 heavy (non-hydrogen) atoms. The lowest BCUT2D eigenvalue weighted by Crippen LogP contribution is -2.35. The molecule has 1 aliphatic rings. The first kappa shape index (κ1) is 15.5. The molecule has 124 valence electrons. The Labute approximate surface area is 135 Å². The van der Waals surface area contributed by atoms with Crippen molar-refractivity contribution in [3.05, 3.63) is 62.1 Å². The lowest BCUT2D eigenvalue weighted by Gasteiger charge is -2.32. The van der Waals surface area contributed by atoms with Gasteiger partial charge in [0.2, 0.25) is 5.88 Å². The Morgan fingerprint density at radius 3 is 2.71 bits per heavy atom. The average Bonchev–Trinajstić information content (AvgIpc) is 2.53. The Hall–Kier alpha value is -3.36.